The van der Waals surface area contributed by atoms with Crippen LogP contribution in [0.1, 0.15) is 32.3 Å². The quantitative estimate of drug-likeness (QED) is 0.351. The van der Waals surface area contributed by atoms with Gasteiger partial charge in [0, 0.05) is 48.8 Å². The number of guanidine groups is 1. The third kappa shape index (κ3) is 6.94. The maximum Gasteiger partial charge on any atom is 0.191 e. The van der Waals surface area contributed by atoms with Crippen molar-refractivity contribution in [3.63, 3.8) is 0 Å². The first kappa shape index (κ1) is 22.5. The van der Waals surface area contributed by atoms with E-state index < -0.39 is 0 Å². The van der Waals surface area contributed by atoms with Crippen molar-refractivity contribution in [3.8, 4) is 5.75 Å². The summed E-state index contributed by atoms with van der Waals surface area (Å²) in [6.45, 7) is 7.49. The summed E-state index contributed by atoms with van der Waals surface area (Å²) < 4.78 is 6.47. The molecule has 0 spiro atoms. The summed E-state index contributed by atoms with van der Waals surface area (Å²) in [5, 5.41) is 6.94. The van der Waals surface area contributed by atoms with E-state index in [9.17, 15) is 0 Å². The topological polar surface area (TPSA) is 48.9 Å². The van der Waals surface area contributed by atoms with Crippen molar-refractivity contribution in [2.45, 2.75) is 45.3 Å². The predicted octanol–water partition coefficient (Wildman–Crippen LogP) is 3.61. The molecule has 0 amide bonds. The lowest BCUT2D eigenvalue weighted by atomic mass is 10.0. The average molecular weight is 525 g/mol. The summed E-state index contributed by atoms with van der Waals surface area (Å²) in [7, 11) is 3.51. The zero-order valence-corrected chi connectivity index (χ0v) is 19.4. The summed E-state index contributed by atoms with van der Waals surface area (Å²) in [5.41, 5.74) is 1.10. The van der Waals surface area contributed by atoms with Crippen LogP contribution in [0.4, 0.5) is 0 Å². The van der Waals surface area contributed by atoms with Gasteiger partial charge >= 0.3 is 0 Å². The normalized spacial score (nSPS) is 16.5. The standard InChI is InChI=1S/C18H29BrN4O.HI/c1-13(2)23-9-7-16(8-10-23)22-18(20-3)21-12-14-11-15(19)5-6-17(14)24-4;/h5-6,11,13,16H,7-10,12H2,1-4H3,(H2,20,21,22);1H. The number of benzene rings is 1. The molecule has 0 aliphatic carbocycles. The van der Waals surface area contributed by atoms with E-state index in [2.05, 4.69) is 56.4 Å². The molecule has 142 valence electrons. The Labute approximate surface area is 177 Å². The molecule has 25 heavy (non-hydrogen) atoms. The van der Waals surface area contributed by atoms with Crippen LogP contribution < -0.4 is 15.4 Å². The molecule has 0 bridgehead atoms. The van der Waals surface area contributed by atoms with Gasteiger partial charge in [0.05, 0.1) is 7.11 Å². The zero-order valence-electron chi connectivity index (χ0n) is 15.5. The first-order valence-electron chi connectivity index (χ1n) is 8.57. The van der Waals surface area contributed by atoms with E-state index in [1.807, 2.05) is 19.2 Å². The van der Waals surface area contributed by atoms with Crippen LogP contribution in [0.3, 0.4) is 0 Å². The van der Waals surface area contributed by atoms with Crippen LogP contribution in [-0.2, 0) is 6.54 Å². The molecule has 0 radical (unpaired) electrons. The first-order valence-corrected chi connectivity index (χ1v) is 9.36. The fourth-order valence-electron chi connectivity index (χ4n) is 3.01. The van der Waals surface area contributed by atoms with Crippen LogP contribution in [-0.4, -0.2) is 50.2 Å². The molecule has 5 nitrogen and oxygen atoms in total. The largest absolute Gasteiger partial charge is 0.496 e. The molecular weight excluding hydrogens is 495 g/mol. The second-order valence-corrected chi connectivity index (χ2v) is 7.35. The zero-order chi connectivity index (χ0) is 17.5. The number of nitrogens with one attached hydrogen (secondary N) is 2. The van der Waals surface area contributed by atoms with Gasteiger partial charge in [-0.1, -0.05) is 15.9 Å². The molecule has 2 rings (SSSR count). The Morgan fingerprint density at radius 1 is 1.36 bits per heavy atom. The van der Waals surface area contributed by atoms with Crippen LogP contribution in [0.25, 0.3) is 0 Å². The highest BCUT2D eigenvalue weighted by Gasteiger charge is 2.21. The lowest BCUT2D eigenvalue weighted by Gasteiger charge is -2.35. The lowest BCUT2D eigenvalue weighted by Crippen LogP contribution is -2.49. The van der Waals surface area contributed by atoms with E-state index in [1.165, 1.54) is 0 Å². The van der Waals surface area contributed by atoms with E-state index >= 15 is 0 Å². The number of hydrogen-bond acceptors (Lipinski definition) is 3. The summed E-state index contributed by atoms with van der Waals surface area (Å²) in [6, 6.07) is 7.14. The minimum Gasteiger partial charge on any atom is -0.496 e. The number of halogens is 2. The number of aliphatic imine (C=N–C) groups is 1. The van der Waals surface area contributed by atoms with E-state index in [0.29, 0.717) is 18.6 Å². The molecule has 1 fully saturated rings. The van der Waals surface area contributed by atoms with Gasteiger partial charge in [-0.25, -0.2) is 0 Å². The Balaban J connectivity index is 0.00000312. The average Bonchev–Trinajstić information content (AvgIpc) is 2.59. The Bertz CT molecular complexity index is 560. The molecule has 1 aromatic rings. The van der Waals surface area contributed by atoms with Gasteiger partial charge in [-0.15, -0.1) is 24.0 Å². The van der Waals surface area contributed by atoms with Gasteiger partial charge in [0.25, 0.3) is 0 Å². The van der Waals surface area contributed by atoms with Crippen molar-refractivity contribution >= 4 is 45.9 Å². The number of rotatable bonds is 5. The van der Waals surface area contributed by atoms with Crippen molar-refractivity contribution in [3.05, 3.63) is 28.2 Å². The number of nitrogens with zero attached hydrogens (tertiary/aromatic N) is 2. The van der Waals surface area contributed by atoms with E-state index in [-0.39, 0.29) is 24.0 Å². The number of likely N-dealkylation sites (tertiary alicyclic amines) is 1. The van der Waals surface area contributed by atoms with E-state index in [4.69, 9.17) is 4.74 Å². The van der Waals surface area contributed by atoms with Crippen molar-refractivity contribution in [1.82, 2.24) is 15.5 Å². The van der Waals surface area contributed by atoms with Crippen LogP contribution >= 0.6 is 39.9 Å². The van der Waals surface area contributed by atoms with Crippen LogP contribution in [0.15, 0.2) is 27.7 Å². The Hall–Kier alpha value is -0.540. The number of piperidine rings is 1. The van der Waals surface area contributed by atoms with Crippen molar-refractivity contribution in [2.75, 3.05) is 27.2 Å². The van der Waals surface area contributed by atoms with Gasteiger partial charge in [-0.2, -0.15) is 0 Å². The molecule has 0 aromatic heterocycles. The van der Waals surface area contributed by atoms with Crippen LogP contribution in [0.5, 0.6) is 5.75 Å². The Morgan fingerprint density at radius 3 is 2.60 bits per heavy atom. The summed E-state index contributed by atoms with van der Waals surface area (Å²) in [6.07, 6.45) is 2.30. The van der Waals surface area contributed by atoms with Crippen molar-refractivity contribution in [1.29, 1.82) is 0 Å². The molecule has 0 saturated carbocycles. The van der Waals surface area contributed by atoms with E-state index in [0.717, 1.165) is 47.7 Å². The molecule has 0 unspecified atom stereocenters. The third-order valence-electron chi connectivity index (χ3n) is 4.51. The van der Waals surface area contributed by atoms with Crippen molar-refractivity contribution < 1.29 is 4.74 Å². The van der Waals surface area contributed by atoms with Crippen molar-refractivity contribution in [2.24, 2.45) is 4.99 Å². The fourth-order valence-corrected chi connectivity index (χ4v) is 3.42. The Kier molecular flexibility index (Phi) is 10.1. The van der Waals surface area contributed by atoms with Crippen LogP contribution in [0, 0.1) is 0 Å². The van der Waals surface area contributed by atoms with Gasteiger partial charge < -0.3 is 20.3 Å². The van der Waals surface area contributed by atoms with Gasteiger partial charge in [0.15, 0.2) is 5.96 Å². The maximum atomic E-state index is 5.42. The summed E-state index contributed by atoms with van der Waals surface area (Å²) in [4.78, 5) is 6.89. The second-order valence-electron chi connectivity index (χ2n) is 6.43. The van der Waals surface area contributed by atoms with Gasteiger partial charge in [-0.05, 0) is 44.9 Å². The minimum absolute atomic E-state index is 0. The van der Waals surface area contributed by atoms with Crippen LogP contribution in [0.2, 0.25) is 0 Å². The monoisotopic (exact) mass is 524 g/mol. The van der Waals surface area contributed by atoms with Gasteiger partial charge in [-0.3, -0.25) is 4.99 Å². The molecule has 1 aliphatic rings. The fraction of sp³-hybridized carbons (Fsp3) is 0.611. The predicted molar refractivity (Wildman–Crippen MR) is 119 cm³/mol. The molecule has 0 atom stereocenters. The number of ether oxygens (including phenoxy) is 1. The lowest BCUT2D eigenvalue weighted by molar-refractivity contribution is 0.167. The highest BCUT2D eigenvalue weighted by molar-refractivity contribution is 14.0. The molecule has 1 aliphatic heterocycles. The molecule has 1 heterocycles. The minimum atomic E-state index is 0. The second kappa shape index (κ2) is 11.2. The molecular formula is C18H30BrIN4O. The molecule has 1 aromatic carbocycles. The number of hydrogen-bond donors (Lipinski definition) is 2. The first-order chi connectivity index (χ1) is 11.5. The smallest absolute Gasteiger partial charge is 0.191 e. The molecule has 1 saturated heterocycles. The highest BCUT2D eigenvalue weighted by Crippen LogP contribution is 2.22. The number of methoxy groups -OCH3 is 1. The summed E-state index contributed by atoms with van der Waals surface area (Å²) >= 11 is 3.51. The molecule has 7 heteroatoms. The van der Waals surface area contributed by atoms with Gasteiger partial charge in [0.1, 0.15) is 5.75 Å². The molecule has 2 N–H and O–H groups in total. The SMILES string of the molecule is CN=C(NCc1cc(Br)ccc1OC)NC1CCN(C(C)C)CC1.I. The van der Waals surface area contributed by atoms with Gasteiger partial charge in [0.2, 0.25) is 0 Å². The van der Waals surface area contributed by atoms with E-state index in [1.54, 1.807) is 7.11 Å². The maximum absolute atomic E-state index is 5.42. The summed E-state index contributed by atoms with van der Waals surface area (Å²) in [5.74, 6) is 1.73. The third-order valence-corrected chi connectivity index (χ3v) is 5.01. The highest BCUT2D eigenvalue weighted by atomic mass is 127. The Morgan fingerprint density at radius 2 is 2.04 bits per heavy atom.